The summed E-state index contributed by atoms with van der Waals surface area (Å²) in [5.41, 5.74) is -0.169. The Hall–Kier alpha value is -4.42. The number of benzene rings is 1. The molecule has 7 atom stereocenters. The van der Waals surface area contributed by atoms with E-state index in [9.17, 15) is 47.7 Å². The first kappa shape index (κ1) is 36.4. The third-order valence-electron chi connectivity index (χ3n) is 9.02. The molecule has 48 heavy (non-hydrogen) atoms. The SMILES string of the molecule is COc1ccc2c3c1O[C@H]1C(OC(=O)[C@H](C)OC(=O)C[C@H](NC(=O)[C@H](C)O)C(=O)O)=CC[C@@]4(O)[C@@H](C2)N(C)CC[C@]314.O=C(O)C(F)(F)F. The smallest absolute Gasteiger partial charge is 0.490 e. The standard InChI is InChI=1S/C28H34N2O11.C2HF3O2/c1-13(31)24(33)29-16(25(34)35)12-20(32)39-14(2)26(36)40-18-7-8-28(37)19-11-15-5-6-17(38-4)22-21(15)27(28,23(18)41-22)9-10-30(19)3;3-2(4,5)1(6)7/h5-7,13-14,16,19,23,31,37H,8-12H2,1-4H3,(H,29,33)(H,34,35);(H,6,7)/t13-,14-,16-,19+,23-,27-,28+;/m0./s1. The first-order valence-corrected chi connectivity index (χ1v) is 14.7. The summed E-state index contributed by atoms with van der Waals surface area (Å²) in [7, 11) is 3.51. The first-order valence-electron chi connectivity index (χ1n) is 14.7. The third kappa shape index (κ3) is 6.38. The monoisotopic (exact) mass is 688 g/mol. The number of carbonyl (C=O) groups excluding carboxylic acids is 3. The van der Waals surface area contributed by atoms with Crippen LogP contribution >= 0.6 is 0 Å². The van der Waals surface area contributed by atoms with Gasteiger partial charge in [0, 0.05) is 18.0 Å². The number of alkyl halides is 3. The average molecular weight is 689 g/mol. The number of carbonyl (C=O) groups is 5. The molecule has 0 unspecified atom stereocenters. The summed E-state index contributed by atoms with van der Waals surface area (Å²) in [5, 5.41) is 40.0. The van der Waals surface area contributed by atoms with Crippen molar-refractivity contribution in [3.63, 3.8) is 0 Å². The van der Waals surface area contributed by atoms with Crippen LogP contribution in [0, 0.1) is 0 Å². The fraction of sp³-hybridized carbons (Fsp3) is 0.567. The van der Waals surface area contributed by atoms with Gasteiger partial charge in [-0.15, -0.1) is 0 Å². The Morgan fingerprint density at radius 3 is 2.38 bits per heavy atom. The molecule has 1 saturated heterocycles. The number of halogens is 3. The second-order valence-corrected chi connectivity index (χ2v) is 11.9. The lowest BCUT2D eigenvalue weighted by Crippen LogP contribution is -2.74. The summed E-state index contributed by atoms with van der Waals surface area (Å²) in [6, 6.07) is 1.96. The van der Waals surface area contributed by atoms with E-state index in [1.54, 1.807) is 6.08 Å². The van der Waals surface area contributed by atoms with Crippen LogP contribution in [-0.4, -0.2) is 118 Å². The van der Waals surface area contributed by atoms with E-state index >= 15 is 0 Å². The molecule has 1 aromatic carbocycles. The second-order valence-electron chi connectivity index (χ2n) is 11.9. The van der Waals surface area contributed by atoms with Crippen molar-refractivity contribution in [2.24, 2.45) is 0 Å². The van der Waals surface area contributed by atoms with Crippen molar-refractivity contribution in [2.75, 3.05) is 20.7 Å². The van der Waals surface area contributed by atoms with Crippen LogP contribution in [-0.2, 0) is 45.3 Å². The molecule has 1 aromatic rings. The van der Waals surface area contributed by atoms with E-state index in [0.717, 1.165) is 18.1 Å². The number of methoxy groups -OCH3 is 1. The Labute approximate surface area is 271 Å². The predicted octanol–water partition coefficient (Wildman–Crippen LogP) is 0.421. The predicted molar refractivity (Wildman–Crippen MR) is 153 cm³/mol. The lowest BCUT2D eigenvalue weighted by atomic mass is 9.50. The summed E-state index contributed by atoms with van der Waals surface area (Å²) >= 11 is 0. The molecule has 5 rings (SSSR count). The minimum atomic E-state index is -5.08. The fourth-order valence-corrected chi connectivity index (χ4v) is 6.74. The molecule has 1 amide bonds. The number of amides is 1. The minimum Gasteiger partial charge on any atom is -0.493 e. The van der Waals surface area contributed by atoms with Gasteiger partial charge in [-0.05, 0) is 58.0 Å². The molecule has 4 aliphatic rings. The number of carboxylic acid groups (broad SMARTS) is 2. The van der Waals surface area contributed by atoms with Crippen molar-refractivity contribution >= 4 is 29.8 Å². The molecule has 5 N–H and O–H groups in total. The van der Waals surface area contributed by atoms with Gasteiger partial charge in [0.25, 0.3) is 0 Å². The maximum Gasteiger partial charge on any atom is 0.490 e. The van der Waals surface area contributed by atoms with Crippen molar-refractivity contribution in [3.05, 3.63) is 35.1 Å². The van der Waals surface area contributed by atoms with Gasteiger partial charge in [0.15, 0.2) is 23.7 Å². The number of carboxylic acids is 2. The van der Waals surface area contributed by atoms with E-state index < -0.39 is 77.8 Å². The lowest BCUT2D eigenvalue weighted by Gasteiger charge is -2.61. The molecule has 2 bridgehead atoms. The maximum absolute atomic E-state index is 13.1. The van der Waals surface area contributed by atoms with Crippen molar-refractivity contribution in [2.45, 2.75) is 87.1 Å². The summed E-state index contributed by atoms with van der Waals surface area (Å²) in [4.78, 5) is 59.7. The molecule has 1 spiro atoms. The van der Waals surface area contributed by atoms with Gasteiger partial charge < -0.3 is 49.6 Å². The average Bonchev–Trinajstić information content (AvgIpc) is 3.35. The van der Waals surface area contributed by atoms with Gasteiger partial charge >= 0.3 is 30.1 Å². The highest BCUT2D eigenvalue weighted by Gasteiger charge is 2.72. The number of nitrogens with one attached hydrogen (secondary N) is 1. The van der Waals surface area contributed by atoms with Crippen LogP contribution in [0.1, 0.15) is 44.2 Å². The molecule has 0 radical (unpaired) electrons. The van der Waals surface area contributed by atoms with Gasteiger partial charge in [-0.25, -0.2) is 14.4 Å². The van der Waals surface area contributed by atoms with E-state index in [-0.39, 0.29) is 18.2 Å². The van der Waals surface area contributed by atoms with Crippen molar-refractivity contribution in [1.82, 2.24) is 10.2 Å². The zero-order valence-electron chi connectivity index (χ0n) is 26.2. The number of piperidine rings is 1. The normalized spacial score (nSPS) is 26.9. The number of hydrogen-bond donors (Lipinski definition) is 5. The van der Waals surface area contributed by atoms with Gasteiger partial charge in [0.05, 0.1) is 24.5 Å². The van der Waals surface area contributed by atoms with E-state index in [4.69, 9.17) is 28.8 Å². The molecule has 2 heterocycles. The Morgan fingerprint density at radius 2 is 1.81 bits per heavy atom. The lowest BCUT2D eigenvalue weighted by molar-refractivity contribution is -0.192. The largest absolute Gasteiger partial charge is 0.493 e. The first-order chi connectivity index (χ1) is 22.3. The molecule has 15 nitrogen and oxygen atoms in total. The topological polar surface area (TPSA) is 218 Å². The van der Waals surface area contributed by atoms with Gasteiger partial charge in [0.1, 0.15) is 17.9 Å². The van der Waals surface area contributed by atoms with Crippen LogP contribution in [0.5, 0.6) is 11.5 Å². The van der Waals surface area contributed by atoms with Crippen LogP contribution in [0.3, 0.4) is 0 Å². The van der Waals surface area contributed by atoms with E-state index in [0.29, 0.717) is 30.9 Å². The van der Waals surface area contributed by atoms with Crippen LogP contribution in [0.4, 0.5) is 13.2 Å². The number of aliphatic hydroxyl groups is 2. The number of likely N-dealkylation sites (tertiary alicyclic amines) is 1. The van der Waals surface area contributed by atoms with Crippen molar-refractivity contribution in [3.8, 4) is 11.5 Å². The third-order valence-corrected chi connectivity index (χ3v) is 9.02. The van der Waals surface area contributed by atoms with Crippen LogP contribution < -0.4 is 14.8 Å². The Morgan fingerprint density at radius 1 is 1.17 bits per heavy atom. The molecule has 1 fully saturated rings. The fourth-order valence-electron chi connectivity index (χ4n) is 6.74. The minimum absolute atomic E-state index is 0.181. The van der Waals surface area contributed by atoms with Gasteiger partial charge in [0.2, 0.25) is 5.91 Å². The zero-order chi connectivity index (χ0) is 35.9. The van der Waals surface area contributed by atoms with E-state index in [1.165, 1.54) is 14.0 Å². The van der Waals surface area contributed by atoms with Crippen LogP contribution in [0.15, 0.2) is 24.0 Å². The molecular weight excluding hydrogens is 653 g/mol. The molecule has 0 aromatic heterocycles. The molecule has 2 aliphatic heterocycles. The maximum atomic E-state index is 13.1. The molecule has 0 saturated carbocycles. The van der Waals surface area contributed by atoms with Crippen molar-refractivity contribution < 1.29 is 76.5 Å². The van der Waals surface area contributed by atoms with Crippen molar-refractivity contribution in [1.29, 1.82) is 0 Å². The summed E-state index contributed by atoms with van der Waals surface area (Å²) < 4.78 is 54.6. The summed E-state index contributed by atoms with van der Waals surface area (Å²) in [6.45, 7) is 3.11. The molecular formula is C30H35F3N2O13. The number of ether oxygens (including phenoxy) is 4. The Bertz CT molecular complexity index is 1530. The highest BCUT2D eigenvalue weighted by molar-refractivity contribution is 5.89. The van der Waals surface area contributed by atoms with Crippen LogP contribution in [0.25, 0.3) is 0 Å². The van der Waals surface area contributed by atoms with Gasteiger partial charge in [-0.2, -0.15) is 13.2 Å². The van der Waals surface area contributed by atoms with Crippen LogP contribution in [0.2, 0.25) is 0 Å². The highest BCUT2D eigenvalue weighted by Crippen LogP contribution is 2.65. The summed E-state index contributed by atoms with van der Waals surface area (Å²) in [6.07, 6.45) is -6.58. The van der Waals surface area contributed by atoms with Gasteiger partial charge in [-0.3, -0.25) is 9.59 Å². The number of esters is 2. The number of nitrogens with zero attached hydrogens (tertiary/aromatic N) is 1. The number of hydrogen-bond acceptors (Lipinski definition) is 12. The highest BCUT2D eigenvalue weighted by atomic mass is 19.4. The number of rotatable bonds is 9. The Balaban J connectivity index is 0.000000671. The van der Waals surface area contributed by atoms with E-state index in [2.05, 4.69) is 4.90 Å². The number of aliphatic hydroxyl groups excluding tert-OH is 1. The zero-order valence-corrected chi connectivity index (χ0v) is 26.2. The quantitative estimate of drug-likeness (QED) is 0.222. The molecule has 264 valence electrons. The summed E-state index contributed by atoms with van der Waals surface area (Å²) in [5.74, 6) is -6.02. The molecule has 2 aliphatic carbocycles. The number of aliphatic carboxylic acids is 2. The molecule has 18 heteroatoms. The van der Waals surface area contributed by atoms with Gasteiger partial charge in [-0.1, -0.05) is 6.07 Å². The number of likely N-dealkylation sites (N-methyl/N-ethyl adjacent to an activating group) is 1. The van der Waals surface area contributed by atoms with E-state index in [1.807, 2.05) is 24.5 Å². The Kier molecular flexibility index (Phi) is 10.0. The second kappa shape index (κ2) is 13.2.